The molecule has 0 unspecified atom stereocenters. The van der Waals surface area contributed by atoms with Gasteiger partial charge in [0.1, 0.15) is 0 Å². The van der Waals surface area contributed by atoms with Gasteiger partial charge in [0.15, 0.2) is 0 Å². The maximum absolute atomic E-state index is 3.70. The van der Waals surface area contributed by atoms with Gasteiger partial charge in [0.2, 0.25) is 0 Å². The maximum Gasteiger partial charge on any atom is -0.00612 e. The molecule has 0 saturated heterocycles. The summed E-state index contributed by atoms with van der Waals surface area (Å²) in [5.41, 5.74) is 8.16. The molecule has 2 aromatic rings. The number of hydrogen-bond donors (Lipinski definition) is 0. The van der Waals surface area contributed by atoms with Gasteiger partial charge >= 0.3 is 0 Å². The standard InChI is InChI=1S/C24H32/c1-5-9-19-13-15-23(17-21(19)11-7-3)24-16-14-20(10-6-2)22(18-24)12-8-4/h13-16H,5-12H2,1-4H3. The Labute approximate surface area is 149 Å². The maximum atomic E-state index is 3.70. The van der Waals surface area contributed by atoms with Crippen molar-refractivity contribution in [2.45, 2.75) is 79.1 Å². The van der Waals surface area contributed by atoms with Crippen LogP contribution in [-0.4, -0.2) is 0 Å². The van der Waals surface area contributed by atoms with Gasteiger partial charge in [-0.15, -0.1) is 0 Å². The molecule has 0 aromatic heterocycles. The van der Waals surface area contributed by atoms with Crippen LogP contribution in [0.2, 0.25) is 0 Å². The summed E-state index contributed by atoms with van der Waals surface area (Å²) < 4.78 is 0. The van der Waals surface area contributed by atoms with E-state index in [9.17, 15) is 0 Å². The van der Waals surface area contributed by atoms with Crippen LogP contribution in [0.15, 0.2) is 24.3 Å². The predicted molar refractivity (Wildman–Crippen MR) is 106 cm³/mol. The molecule has 0 aliphatic heterocycles. The minimum atomic E-state index is 1.12. The number of aryl methyl sites for hydroxylation is 4. The largest absolute Gasteiger partial charge is 0.0651 e. The summed E-state index contributed by atoms with van der Waals surface area (Å²) in [5.74, 6) is 0. The van der Waals surface area contributed by atoms with Crippen LogP contribution < -0.4 is 0 Å². The van der Waals surface area contributed by atoms with Gasteiger partial charge in [-0.2, -0.15) is 0 Å². The molecule has 0 spiro atoms. The zero-order valence-corrected chi connectivity index (χ0v) is 16.0. The zero-order valence-electron chi connectivity index (χ0n) is 16.0. The van der Waals surface area contributed by atoms with Crippen molar-refractivity contribution in [3.63, 3.8) is 0 Å². The fourth-order valence-electron chi connectivity index (χ4n) is 3.41. The van der Waals surface area contributed by atoms with Gasteiger partial charge in [-0.25, -0.2) is 0 Å². The Hall–Kier alpha value is -1.56. The van der Waals surface area contributed by atoms with Crippen molar-refractivity contribution >= 4 is 0 Å². The molecule has 0 fully saturated rings. The normalized spacial score (nSPS) is 11.0. The van der Waals surface area contributed by atoms with Gasteiger partial charge < -0.3 is 0 Å². The highest BCUT2D eigenvalue weighted by Gasteiger charge is 2.09. The predicted octanol–water partition coefficient (Wildman–Crippen LogP) is 6.76. The summed E-state index contributed by atoms with van der Waals surface area (Å²) in [6.45, 7) is 9.00. The third-order valence-corrected chi connectivity index (χ3v) is 4.58. The summed E-state index contributed by atoms with van der Waals surface area (Å²) in [7, 11) is 0. The van der Waals surface area contributed by atoms with E-state index in [1.54, 1.807) is 0 Å². The smallest absolute Gasteiger partial charge is 0.00612 e. The Morgan fingerprint density at radius 3 is 1.25 bits per heavy atom. The van der Waals surface area contributed by atoms with Crippen molar-refractivity contribution in [3.05, 3.63) is 58.7 Å². The van der Waals surface area contributed by atoms with E-state index in [-0.39, 0.29) is 0 Å². The molecule has 0 bridgehead atoms. The third-order valence-electron chi connectivity index (χ3n) is 4.58. The van der Waals surface area contributed by atoms with Crippen molar-refractivity contribution in [1.29, 1.82) is 0 Å². The lowest BCUT2D eigenvalue weighted by atomic mass is 9.91. The average Bonchev–Trinajstić information content (AvgIpc) is 2.59. The van der Waals surface area contributed by atoms with Gasteiger partial charge in [-0.1, -0.05) is 77.6 Å². The minimum Gasteiger partial charge on any atom is -0.0651 e. The number of hydrogen-bond acceptors (Lipinski definition) is 0. The lowest BCUT2D eigenvalue weighted by Gasteiger charge is -2.13. The first-order chi connectivity index (χ1) is 11.7. The Morgan fingerprint density at radius 2 is 0.917 bits per heavy atom. The van der Waals surface area contributed by atoms with E-state index in [1.165, 1.54) is 59.1 Å². The topological polar surface area (TPSA) is 0 Å². The molecule has 0 heteroatoms. The van der Waals surface area contributed by atoms with Gasteiger partial charge in [0.25, 0.3) is 0 Å². The molecule has 2 aromatic carbocycles. The highest BCUT2D eigenvalue weighted by Crippen LogP contribution is 2.26. The summed E-state index contributed by atoms with van der Waals surface area (Å²) in [6, 6.07) is 16.5. The molecule has 0 amide bonds. The van der Waals surface area contributed by atoms with Crippen LogP contribution in [0, 0.1) is 12.1 Å². The second-order valence-corrected chi connectivity index (χ2v) is 6.75. The van der Waals surface area contributed by atoms with E-state index in [0.29, 0.717) is 0 Å². The summed E-state index contributed by atoms with van der Waals surface area (Å²) in [5, 5.41) is 0. The molecule has 2 radical (unpaired) electrons. The van der Waals surface area contributed by atoms with Crippen LogP contribution in [0.4, 0.5) is 0 Å². The summed E-state index contributed by atoms with van der Waals surface area (Å²) in [4.78, 5) is 0. The van der Waals surface area contributed by atoms with E-state index >= 15 is 0 Å². The Morgan fingerprint density at radius 1 is 0.542 bits per heavy atom. The molecule has 0 aliphatic carbocycles. The highest BCUT2D eigenvalue weighted by molar-refractivity contribution is 5.65. The van der Waals surface area contributed by atoms with Crippen LogP contribution in [0.1, 0.15) is 75.6 Å². The Balaban J connectivity index is 2.39. The first-order valence-electron chi connectivity index (χ1n) is 9.81. The average molecular weight is 321 g/mol. The number of rotatable bonds is 9. The van der Waals surface area contributed by atoms with Crippen LogP contribution >= 0.6 is 0 Å². The van der Waals surface area contributed by atoms with E-state index in [2.05, 4.69) is 64.1 Å². The molecule has 0 N–H and O–H groups in total. The first-order valence-corrected chi connectivity index (χ1v) is 9.81. The lowest BCUT2D eigenvalue weighted by molar-refractivity contribution is 0.858. The molecule has 2 rings (SSSR count). The van der Waals surface area contributed by atoms with Gasteiger partial charge in [-0.05, 0) is 71.2 Å². The van der Waals surface area contributed by atoms with Crippen molar-refractivity contribution in [2.24, 2.45) is 0 Å². The Bertz CT molecular complexity index is 579. The molecule has 0 nitrogen and oxygen atoms in total. The van der Waals surface area contributed by atoms with Crippen molar-refractivity contribution in [2.75, 3.05) is 0 Å². The highest BCUT2D eigenvalue weighted by atomic mass is 14.1. The summed E-state index contributed by atoms with van der Waals surface area (Å²) >= 11 is 0. The van der Waals surface area contributed by atoms with Crippen LogP contribution in [0.25, 0.3) is 11.1 Å². The van der Waals surface area contributed by atoms with Crippen molar-refractivity contribution in [3.8, 4) is 11.1 Å². The minimum absolute atomic E-state index is 1.12. The van der Waals surface area contributed by atoms with E-state index < -0.39 is 0 Å². The molecular weight excluding hydrogens is 288 g/mol. The molecule has 24 heavy (non-hydrogen) atoms. The van der Waals surface area contributed by atoms with Crippen molar-refractivity contribution in [1.82, 2.24) is 0 Å². The second-order valence-electron chi connectivity index (χ2n) is 6.75. The molecule has 0 heterocycles. The molecule has 0 atom stereocenters. The van der Waals surface area contributed by atoms with Crippen LogP contribution in [-0.2, 0) is 25.7 Å². The Kier molecular flexibility index (Phi) is 7.56. The molecule has 0 saturated carbocycles. The fourth-order valence-corrected chi connectivity index (χ4v) is 3.41. The van der Waals surface area contributed by atoms with Crippen molar-refractivity contribution < 1.29 is 0 Å². The van der Waals surface area contributed by atoms with Gasteiger partial charge in [0, 0.05) is 0 Å². The van der Waals surface area contributed by atoms with Crippen LogP contribution in [0.3, 0.4) is 0 Å². The van der Waals surface area contributed by atoms with Crippen LogP contribution in [0.5, 0.6) is 0 Å². The quantitative estimate of drug-likeness (QED) is 0.478. The monoisotopic (exact) mass is 320 g/mol. The van der Waals surface area contributed by atoms with E-state index in [0.717, 1.165) is 25.7 Å². The molecular formula is C24H32. The first kappa shape index (κ1) is 18.8. The third kappa shape index (κ3) is 4.72. The summed E-state index contributed by atoms with van der Waals surface area (Å²) in [6.07, 6.45) is 9.31. The second kappa shape index (κ2) is 9.67. The molecule has 128 valence electrons. The molecule has 0 aliphatic rings. The van der Waals surface area contributed by atoms with E-state index in [4.69, 9.17) is 0 Å². The lowest BCUT2D eigenvalue weighted by Crippen LogP contribution is -1.98. The fraction of sp³-hybridized carbons (Fsp3) is 0.500. The zero-order chi connectivity index (χ0) is 17.4. The SMILES string of the molecule is CCCc1[c]c(-c2[c]c(CCC)c(CCC)cc2)ccc1CCC. The van der Waals surface area contributed by atoms with Gasteiger partial charge in [-0.3, -0.25) is 0 Å². The van der Waals surface area contributed by atoms with Gasteiger partial charge in [0.05, 0.1) is 0 Å². The number of benzene rings is 2. The van der Waals surface area contributed by atoms with E-state index in [1.807, 2.05) is 0 Å².